The monoisotopic (exact) mass is 563 g/mol. The Bertz CT molecular complexity index is 1410. The predicted octanol–water partition coefficient (Wildman–Crippen LogP) is 4.15. The van der Waals surface area contributed by atoms with E-state index in [0.29, 0.717) is 22.8 Å². The van der Waals surface area contributed by atoms with Crippen molar-refractivity contribution in [3.8, 4) is 17.2 Å². The van der Waals surface area contributed by atoms with Gasteiger partial charge in [-0.2, -0.15) is 9.41 Å². The quantitative estimate of drug-likeness (QED) is 0.277. The van der Waals surface area contributed by atoms with E-state index in [2.05, 4.69) is 10.5 Å². The van der Waals surface area contributed by atoms with Gasteiger partial charge in [-0.15, -0.1) is 0 Å². The fourth-order valence-corrected chi connectivity index (χ4v) is 5.13. The molecule has 0 saturated carbocycles. The number of hydrogen-bond donors (Lipinski definition) is 1. The zero-order valence-corrected chi connectivity index (χ0v) is 22.8. The first-order chi connectivity index (χ1) is 18.1. The second kappa shape index (κ2) is 12.7. The summed E-state index contributed by atoms with van der Waals surface area (Å²) in [6, 6.07) is 13.4. The van der Waals surface area contributed by atoms with Crippen LogP contribution < -0.4 is 19.6 Å². The maximum absolute atomic E-state index is 14.5. The Morgan fingerprint density at radius 3 is 2.32 bits per heavy atom. The van der Waals surface area contributed by atoms with Crippen LogP contribution in [0.5, 0.6) is 17.2 Å². The van der Waals surface area contributed by atoms with Crippen molar-refractivity contribution in [3.05, 3.63) is 82.1 Å². The minimum absolute atomic E-state index is 0.0353. The highest BCUT2D eigenvalue weighted by molar-refractivity contribution is 7.89. The van der Waals surface area contributed by atoms with E-state index in [1.807, 2.05) is 6.92 Å². The zero-order valence-electron chi connectivity index (χ0n) is 21.2. The topological polar surface area (TPSA) is 107 Å². The number of benzene rings is 3. The molecule has 0 aliphatic heterocycles. The highest BCUT2D eigenvalue weighted by Crippen LogP contribution is 2.39. The minimum Gasteiger partial charge on any atom is -0.493 e. The number of nitrogens with zero attached hydrogens (tertiary/aromatic N) is 2. The number of aryl methyl sites for hydroxylation is 1. The Morgan fingerprint density at radius 1 is 1.03 bits per heavy atom. The molecule has 12 heteroatoms. The molecule has 3 rings (SSSR count). The molecule has 9 nitrogen and oxygen atoms in total. The Kier molecular flexibility index (Phi) is 9.67. The van der Waals surface area contributed by atoms with Gasteiger partial charge in [0.25, 0.3) is 5.91 Å². The van der Waals surface area contributed by atoms with Crippen molar-refractivity contribution < 1.29 is 31.8 Å². The van der Waals surface area contributed by atoms with Gasteiger partial charge in [-0.25, -0.2) is 18.2 Å². The van der Waals surface area contributed by atoms with Crippen LogP contribution in [0.3, 0.4) is 0 Å². The van der Waals surface area contributed by atoms with Gasteiger partial charge >= 0.3 is 0 Å². The van der Waals surface area contributed by atoms with E-state index < -0.39 is 34.8 Å². The summed E-state index contributed by atoms with van der Waals surface area (Å²) in [7, 11) is 0.170. The number of carbonyl (C=O) groups is 1. The number of halogens is 2. The number of hydrazone groups is 1. The van der Waals surface area contributed by atoms with Gasteiger partial charge in [0, 0.05) is 22.7 Å². The zero-order chi connectivity index (χ0) is 27.9. The largest absolute Gasteiger partial charge is 0.493 e. The molecule has 0 aliphatic carbocycles. The lowest BCUT2D eigenvalue weighted by Gasteiger charge is -2.22. The van der Waals surface area contributed by atoms with Crippen LogP contribution in [0.15, 0.2) is 64.6 Å². The second-order valence-corrected chi connectivity index (χ2v) is 10.3. The maximum atomic E-state index is 14.5. The number of ether oxygens (including phenoxy) is 3. The van der Waals surface area contributed by atoms with Crippen molar-refractivity contribution in [1.29, 1.82) is 0 Å². The summed E-state index contributed by atoms with van der Waals surface area (Å²) in [5.41, 5.74) is 3.56. The molecule has 0 aliphatic rings. The average molecular weight is 564 g/mol. The third kappa shape index (κ3) is 6.60. The molecule has 0 bridgehead atoms. The Labute approximate surface area is 225 Å². The summed E-state index contributed by atoms with van der Waals surface area (Å²) < 4.78 is 58.1. The van der Waals surface area contributed by atoms with E-state index in [1.54, 1.807) is 24.3 Å². The predicted molar refractivity (Wildman–Crippen MR) is 142 cm³/mol. The van der Waals surface area contributed by atoms with E-state index >= 15 is 0 Å². The molecule has 0 spiro atoms. The number of sulfonamides is 1. The van der Waals surface area contributed by atoms with Gasteiger partial charge < -0.3 is 14.2 Å². The summed E-state index contributed by atoms with van der Waals surface area (Å²) in [6.07, 6.45) is 1.31. The fourth-order valence-electron chi connectivity index (χ4n) is 3.54. The maximum Gasteiger partial charge on any atom is 0.255 e. The van der Waals surface area contributed by atoms with Gasteiger partial charge in [0.05, 0.1) is 39.0 Å². The van der Waals surface area contributed by atoms with Crippen molar-refractivity contribution in [2.75, 3.05) is 27.9 Å². The number of rotatable bonds is 11. The molecule has 202 valence electrons. The number of methoxy groups -OCH3 is 3. The van der Waals surface area contributed by atoms with Crippen LogP contribution in [0.2, 0.25) is 5.02 Å². The van der Waals surface area contributed by atoms with Crippen LogP contribution in [-0.4, -0.2) is 52.7 Å². The Balaban J connectivity index is 1.86. The third-order valence-electron chi connectivity index (χ3n) is 5.50. The van der Waals surface area contributed by atoms with Gasteiger partial charge in [0.2, 0.25) is 15.8 Å². The Morgan fingerprint density at radius 2 is 1.71 bits per heavy atom. The molecule has 0 atom stereocenters. The standard InChI is InChI=1S/C26H27ClFN3O6S/c1-17-8-11-19(12-9-17)38(33,34)31(15-20-21(27)6-5-7-22(20)28)16-24(32)30-29-14-18-10-13-23(35-2)26(37-4)25(18)36-3/h5-14H,15-16H2,1-4H3,(H,30,32)/b29-14-. The molecule has 38 heavy (non-hydrogen) atoms. The number of nitrogens with one attached hydrogen (secondary N) is 1. The smallest absolute Gasteiger partial charge is 0.255 e. The van der Waals surface area contributed by atoms with Gasteiger partial charge in [-0.05, 0) is 43.3 Å². The molecule has 0 unspecified atom stereocenters. The van der Waals surface area contributed by atoms with Crippen molar-refractivity contribution in [2.24, 2.45) is 5.10 Å². The number of carbonyl (C=O) groups excluding carboxylic acids is 1. The highest BCUT2D eigenvalue weighted by atomic mass is 35.5. The number of amides is 1. The summed E-state index contributed by atoms with van der Waals surface area (Å²) in [6.45, 7) is 0.690. The molecule has 0 fully saturated rings. The van der Waals surface area contributed by atoms with E-state index in [-0.39, 0.29) is 15.5 Å². The average Bonchev–Trinajstić information content (AvgIpc) is 2.89. The second-order valence-electron chi connectivity index (χ2n) is 8.00. The van der Waals surface area contributed by atoms with E-state index in [1.165, 1.54) is 57.9 Å². The van der Waals surface area contributed by atoms with E-state index in [0.717, 1.165) is 9.87 Å². The summed E-state index contributed by atoms with van der Waals surface area (Å²) in [5.74, 6) is -0.358. The molecule has 0 heterocycles. The van der Waals surface area contributed by atoms with E-state index in [9.17, 15) is 17.6 Å². The molecular formula is C26H27ClFN3O6S. The van der Waals surface area contributed by atoms with Crippen LogP contribution in [0.4, 0.5) is 4.39 Å². The summed E-state index contributed by atoms with van der Waals surface area (Å²) >= 11 is 6.14. The van der Waals surface area contributed by atoms with Gasteiger partial charge in [0.1, 0.15) is 5.82 Å². The van der Waals surface area contributed by atoms with Crippen LogP contribution >= 0.6 is 11.6 Å². The van der Waals surface area contributed by atoms with Crippen molar-refractivity contribution in [1.82, 2.24) is 9.73 Å². The van der Waals surface area contributed by atoms with E-state index in [4.69, 9.17) is 25.8 Å². The van der Waals surface area contributed by atoms with Gasteiger partial charge in [-0.1, -0.05) is 35.4 Å². The molecular weight excluding hydrogens is 537 g/mol. The first-order valence-electron chi connectivity index (χ1n) is 11.2. The lowest BCUT2D eigenvalue weighted by Crippen LogP contribution is -2.39. The van der Waals surface area contributed by atoms with Crippen molar-refractivity contribution >= 4 is 33.7 Å². The van der Waals surface area contributed by atoms with Crippen molar-refractivity contribution in [3.63, 3.8) is 0 Å². The fraction of sp³-hybridized carbons (Fsp3) is 0.231. The number of hydrogen-bond acceptors (Lipinski definition) is 7. The summed E-state index contributed by atoms with van der Waals surface area (Å²) in [4.78, 5) is 12.7. The minimum atomic E-state index is -4.20. The van der Waals surface area contributed by atoms with Crippen LogP contribution in [0.25, 0.3) is 0 Å². The lowest BCUT2D eigenvalue weighted by atomic mass is 10.2. The third-order valence-corrected chi connectivity index (χ3v) is 7.66. The molecule has 1 amide bonds. The van der Waals surface area contributed by atoms with Gasteiger partial charge in [-0.3, -0.25) is 4.79 Å². The van der Waals surface area contributed by atoms with Crippen LogP contribution in [0, 0.1) is 12.7 Å². The first-order valence-corrected chi connectivity index (χ1v) is 13.0. The Hall–Kier alpha value is -3.67. The molecule has 3 aromatic rings. The molecule has 0 saturated heterocycles. The van der Waals surface area contributed by atoms with Crippen LogP contribution in [0.1, 0.15) is 16.7 Å². The first kappa shape index (κ1) is 28.9. The molecule has 1 N–H and O–H groups in total. The molecule has 3 aromatic carbocycles. The van der Waals surface area contributed by atoms with Crippen LogP contribution in [-0.2, 0) is 21.4 Å². The highest BCUT2D eigenvalue weighted by Gasteiger charge is 2.28. The summed E-state index contributed by atoms with van der Waals surface area (Å²) in [5, 5.41) is 3.96. The lowest BCUT2D eigenvalue weighted by molar-refractivity contribution is -0.121. The SMILES string of the molecule is COc1ccc(/C=N\NC(=O)CN(Cc2c(F)cccc2Cl)S(=O)(=O)c2ccc(C)cc2)c(OC)c1OC. The molecule has 0 radical (unpaired) electrons. The molecule has 0 aromatic heterocycles. The van der Waals surface area contributed by atoms with Crippen molar-refractivity contribution in [2.45, 2.75) is 18.4 Å². The van der Waals surface area contributed by atoms with Gasteiger partial charge in [0.15, 0.2) is 11.5 Å². The normalized spacial score (nSPS) is 11.6.